The Hall–Kier alpha value is -5.92. The first-order valence-electron chi connectivity index (χ1n) is 13.7. The number of carbonyl (C=O) groups is 5. The van der Waals surface area contributed by atoms with Crippen LogP contribution in [-0.4, -0.2) is 68.6 Å². The highest BCUT2D eigenvalue weighted by molar-refractivity contribution is 6.01. The molecule has 14 heteroatoms. The van der Waals surface area contributed by atoms with Crippen LogP contribution >= 0.6 is 0 Å². The number of aliphatic imine (C=N–C) groups is 1. The number of esters is 1. The molecule has 0 saturated heterocycles. The van der Waals surface area contributed by atoms with Gasteiger partial charge in [0.1, 0.15) is 6.04 Å². The predicted molar refractivity (Wildman–Crippen MR) is 158 cm³/mol. The van der Waals surface area contributed by atoms with E-state index in [0.717, 1.165) is 4.90 Å². The monoisotopic (exact) mass is 618 g/mol. The van der Waals surface area contributed by atoms with Crippen molar-refractivity contribution in [2.75, 3.05) is 6.61 Å². The summed E-state index contributed by atoms with van der Waals surface area (Å²) >= 11 is 0. The van der Waals surface area contributed by atoms with Crippen LogP contribution in [-0.2, 0) is 33.8 Å². The van der Waals surface area contributed by atoms with E-state index < -0.39 is 42.2 Å². The van der Waals surface area contributed by atoms with E-state index in [-0.39, 0.29) is 48.2 Å². The number of fused-ring (bicyclic) bond motifs is 2. The lowest BCUT2D eigenvalue weighted by atomic mass is 10.0. The highest BCUT2D eigenvalue weighted by Crippen LogP contribution is 2.35. The van der Waals surface area contributed by atoms with E-state index in [1.54, 1.807) is 30.3 Å². The molecule has 45 heavy (non-hydrogen) atoms. The molecule has 3 aromatic carbocycles. The van der Waals surface area contributed by atoms with Crippen molar-refractivity contribution in [3.05, 3.63) is 88.5 Å². The molecule has 0 aromatic heterocycles. The first-order valence-corrected chi connectivity index (χ1v) is 13.7. The number of nitrogens with two attached hydrogens (primary N) is 2. The van der Waals surface area contributed by atoms with E-state index in [1.807, 2.05) is 0 Å². The predicted octanol–water partition coefficient (Wildman–Crippen LogP) is 2.33. The van der Waals surface area contributed by atoms with Crippen LogP contribution in [0.5, 0.6) is 11.5 Å². The number of rotatable bonds is 10. The van der Waals surface area contributed by atoms with E-state index in [9.17, 15) is 39.3 Å². The number of nitrogens with zero attached hydrogens (tertiary/aromatic N) is 2. The fraction of sp³-hybridized carbons (Fsp3) is 0.226. The highest BCUT2D eigenvalue weighted by atomic mass is 16.6. The number of benzene rings is 3. The molecule has 1 aliphatic rings. The number of guanidine groups is 1. The first kappa shape index (κ1) is 32.0. The molecule has 234 valence electrons. The molecular weight excluding hydrogens is 588 g/mol. The zero-order valence-electron chi connectivity index (χ0n) is 23.8. The van der Waals surface area contributed by atoms with Crippen molar-refractivity contribution in [2.24, 2.45) is 16.5 Å². The molecule has 14 nitrogen and oxygen atoms in total. The molecule has 1 heterocycles. The van der Waals surface area contributed by atoms with Crippen molar-refractivity contribution in [3.8, 4) is 11.5 Å². The van der Waals surface area contributed by atoms with Crippen LogP contribution < -0.4 is 20.9 Å². The minimum Gasteiger partial charge on any atom is -0.489 e. The normalized spacial score (nSPS) is 13.1. The molecule has 4 rings (SSSR count). The Labute approximate surface area is 256 Å². The number of carbonyl (C=O) groups excluding carboxylic acids is 2. The average Bonchev–Trinajstić information content (AvgIpc) is 2.96. The second kappa shape index (κ2) is 14.0. The lowest BCUT2D eigenvalue weighted by molar-refractivity contribution is -0.149. The van der Waals surface area contributed by atoms with Crippen molar-refractivity contribution < 1.29 is 48.8 Å². The third-order valence-corrected chi connectivity index (χ3v) is 6.81. The van der Waals surface area contributed by atoms with E-state index in [4.69, 9.17) is 20.9 Å². The summed E-state index contributed by atoms with van der Waals surface area (Å²) in [4.78, 5) is 67.3. The number of hydrogen-bond donors (Lipinski definition) is 5. The first-order chi connectivity index (χ1) is 21.4. The van der Waals surface area contributed by atoms with Gasteiger partial charge in [0, 0.05) is 6.54 Å². The van der Waals surface area contributed by atoms with Gasteiger partial charge in [-0.25, -0.2) is 14.6 Å². The molecule has 1 atom stereocenters. The molecule has 1 unspecified atom stereocenters. The van der Waals surface area contributed by atoms with E-state index in [0.29, 0.717) is 35.2 Å². The fourth-order valence-electron chi connectivity index (χ4n) is 4.89. The number of hydrogen-bond acceptors (Lipinski definition) is 8. The minimum absolute atomic E-state index is 0.0650. The van der Waals surface area contributed by atoms with Gasteiger partial charge in [0.15, 0.2) is 17.5 Å². The molecule has 1 amide bonds. The van der Waals surface area contributed by atoms with Gasteiger partial charge in [0.05, 0.1) is 36.3 Å². The standard InChI is InChI=1S/C31H30N4O10/c32-31(33)34-20-9-10-21-19(14-20)6-3-11-44-27-22(7-2-8-24(27)45-30(21)43)28(40)35(23(29(41)42)15-26(38)39)16-18-5-1-4-17(12-18)13-25(36)37/h1-2,4-5,7-10,12,14,23H,3,6,11,13,15-16H2,(H,36,37)(H,38,39)(H,41,42)(H4,32,33,34). The summed E-state index contributed by atoms with van der Waals surface area (Å²) in [6, 6.07) is 13.2. The molecule has 0 radical (unpaired) electrons. The van der Waals surface area contributed by atoms with E-state index >= 15 is 0 Å². The van der Waals surface area contributed by atoms with Crippen LogP contribution in [0.2, 0.25) is 0 Å². The highest BCUT2D eigenvalue weighted by Gasteiger charge is 2.35. The van der Waals surface area contributed by atoms with Gasteiger partial charge in [0.2, 0.25) is 0 Å². The zero-order chi connectivity index (χ0) is 32.7. The van der Waals surface area contributed by atoms with Crippen molar-refractivity contribution in [1.29, 1.82) is 0 Å². The molecule has 1 aliphatic heterocycles. The van der Waals surface area contributed by atoms with Gasteiger partial charge in [-0.05, 0) is 59.9 Å². The topological polar surface area (TPSA) is 232 Å². The second-order valence-electron chi connectivity index (χ2n) is 10.1. The van der Waals surface area contributed by atoms with E-state index in [1.165, 1.54) is 30.3 Å². The molecule has 7 N–H and O–H groups in total. The summed E-state index contributed by atoms with van der Waals surface area (Å²) < 4.78 is 11.6. The Morgan fingerprint density at radius 2 is 1.67 bits per heavy atom. The summed E-state index contributed by atoms with van der Waals surface area (Å²) in [6.45, 7) is -0.305. The number of aliphatic carboxylic acids is 3. The van der Waals surface area contributed by atoms with Crippen LogP contribution in [0.15, 0.2) is 65.7 Å². The van der Waals surface area contributed by atoms with Gasteiger partial charge in [0.25, 0.3) is 5.91 Å². The molecule has 3 aromatic rings. The largest absolute Gasteiger partial charge is 0.489 e. The van der Waals surface area contributed by atoms with Crippen molar-refractivity contribution in [1.82, 2.24) is 4.90 Å². The summed E-state index contributed by atoms with van der Waals surface area (Å²) in [5.74, 6) is -6.15. The van der Waals surface area contributed by atoms with Gasteiger partial charge in [-0.15, -0.1) is 0 Å². The third-order valence-electron chi connectivity index (χ3n) is 6.81. The summed E-state index contributed by atoms with van der Waals surface area (Å²) in [6.07, 6.45) is -0.477. The third kappa shape index (κ3) is 8.13. The second-order valence-corrected chi connectivity index (χ2v) is 10.1. The fourth-order valence-corrected chi connectivity index (χ4v) is 4.89. The number of para-hydroxylation sites is 1. The van der Waals surface area contributed by atoms with Gasteiger partial charge in [-0.2, -0.15) is 0 Å². The smallest absolute Gasteiger partial charge is 0.343 e. The maximum Gasteiger partial charge on any atom is 0.343 e. The molecule has 0 fully saturated rings. The van der Waals surface area contributed by atoms with Crippen LogP contribution in [0.4, 0.5) is 5.69 Å². The van der Waals surface area contributed by atoms with Gasteiger partial charge in [-0.1, -0.05) is 30.3 Å². The lowest BCUT2D eigenvalue weighted by Crippen LogP contribution is -2.46. The summed E-state index contributed by atoms with van der Waals surface area (Å²) in [5.41, 5.74) is 12.8. The molecule has 0 saturated carbocycles. The Balaban J connectivity index is 1.74. The van der Waals surface area contributed by atoms with Gasteiger partial charge >= 0.3 is 23.9 Å². The van der Waals surface area contributed by atoms with Crippen molar-refractivity contribution in [2.45, 2.75) is 38.3 Å². The summed E-state index contributed by atoms with van der Waals surface area (Å²) in [7, 11) is 0. The molecule has 0 aliphatic carbocycles. The molecule has 0 bridgehead atoms. The van der Waals surface area contributed by atoms with E-state index in [2.05, 4.69) is 4.99 Å². The number of amides is 1. The number of aryl methyl sites for hydroxylation is 1. The number of carboxylic acid groups (broad SMARTS) is 3. The Bertz CT molecular complexity index is 1680. The minimum atomic E-state index is -1.80. The molecular formula is C31H30N4O10. The maximum absolute atomic E-state index is 14.1. The zero-order valence-corrected chi connectivity index (χ0v) is 23.8. The van der Waals surface area contributed by atoms with Crippen LogP contribution in [0.3, 0.4) is 0 Å². The Morgan fingerprint density at radius 1 is 0.933 bits per heavy atom. The van der Waals surface area contributed by atoms with Crippen molar-refractivity contribution in [3.63, 3.8) is 0 Å². The number of carboxylic acids is 3. The van der Waals surface area contributed by atoms with Crippen molar-refractivity contribution >= 4 is 41.4 Å². The van der Waals surface area contributed by atoms with Crippen LogP contribution in [0.25, 0.3) is 0 Å². The average molecular weight is 619 g/mol. The maximum atomic E-state index is 14.1. The van der Waals surface area contributed by atoms with Crippen LogP contribution in [0, 0.1) is 0 Å². The van der Waals surface area contributed by atoms with Gasteiger partial charge < -0.3 is 41.2 Å². The van der Waals surface area contributed by atoms with Gasteiger partial charge in [-0.3, -0.25) is 14.4 Å². The lowest BCUT2D eigenvalue weighted by Gasteiger charge is -2.29. The summed E-state index contributed by atoms with van der Waals surface area (Å²) in [5, 5.41) is 28.6. The Kier molecular flexibility index (Phi) is 9.98. The quantitative estimate of drug-likeness (QED) is 0.0953. The number of ether oxygens (including phenoxy) is 2. The SMILES string of the molecule is NC(N)=Nc1ccc2c(c1)CCCOc1c(cccc1C(=O)N(Cc1cccc(CC(=O)O)c1)C(CC(=O)O)C(=O)O)OC2=O. The van der Waals surface area contributed by atoms with Crippen LogP contribution in [0.1, 0.15) is 50.2 Å². The Morgan fingerprint density at radius 3 is 2.36 bits per heavy atom. The molecule has 0 spiro atoms.